The molecule has 1 saturated heterocycles. The van der Waals surface area contributed by atoms with Crippen molar-refractivity contribution in [3.8, 4) is 10.4 Å². The van der Waals surface area contributed by atoms with E-state index in [1.807, 2.05) is 0 Å². The van der Waals surface area contributed by atoms with Gasteiger partial charge < -0.3 is 9.64 Å². The number of carbonyl (C=O) groups is 2. The number of piperidine rings is 1. The predicted molar refractivity (Wildman–Crippen MR) is 111 cm³/mol. The lowest BCUT2D eigenvalue weighted by Gasteiger charge is -2.31. The highest BCUT2D eigenvalue weighted by Gasteiger charge is 2.34. The van der Waals surface area contributed by atoms with Crippen molar-refractivity contribution < 1.29 is 22.7 Å². The van der Waals surface area contributed by atoms with Crippen LogP contribution in [0.25, 0.3) is 10.4 Å². The summed E-state index contributed by atoms with van der Waals surface area (Å²) in [7, 11) is -3.51. The molecule has 2 aliphatic heterocycles. The number of halogens is 1. The number of amides is 1. The smallest absolute Gasteiger partial charge is 0.310 e. The predicted octanol–water partition coefficient (Wildman–Crippen LogP) is 3.77. The Morgan fingerprint density at radius 2 is 2.10 bits per heavy atom. The first-order valence-corrected chi connectivity index (χ1v) is 12.3. The molecule has 0 spiro atoms. The van der Waals surface area contributed by atoms with Crippen LogP contribution in [0.3, 0.4) is 0 Å². The number of fused-ring (bicyclic) bond motifs is 3. The minimum Gasteiger partial charge on any atom is -0.466 e. The summed E-state index contributed by atoms with van der Waals surface area (Å²) in [5.74, 6) is -0.908. The highest BCUT2D eigenvalue weighted by molar-refractivity contribution is 7.91. The Morgan fingerprint density at radius 3 is 2.86 bits per heavy atom. The van der Waals surface area contributed by atoms with Crippen molar-refractivity contribution in [3.05, 3.63) is 39.7 Å². The van der Waals surface area contributed by atoms with Gasteiger partial charge in [0.25, 0.3) is 5.91 Å². The third kappa shape index (κ3) is 3.81. The Kier molecular flexibility index (Phi) is 5.44. The third-order valence-electron chi connectivity index (χ3n) is 5.22. The molecule has 0 aliphatic carbocycles. The molecule has 1 aromatic heterocycles. The molecule has 1 fully saturated rings. The maximum atomic E-state index is 13.1. The molecule has 6 nitrogen and oxygen atoms in total. The molecule has 29 heavy (non-hydrogen) atoms. The fraction of sp³-hybridized carbons (Fsp3) is 0.400. The molecule has 1 amide bonds. The van der Waals surface area contributed by atoms with Crippen molar-refractivity contribution in [2.24, 2.45) is 5.92 Å². The number of esters is 1. The van der Waals surface area contributed by atoms with Gasteiger partial charge in [0.2, 0.25) is 0 Å². The maximum absolute atomic E-state index is 13.1. The highest BCUT2D eigenvalue weighted by Crippen LogP contribution is 2.44. The summed E-state index contributed by atoms with van der Waals surface area (Å²) < 4.78 is 30.4. The maximum Gasteiger partial charge on any atom is 0.310 e. The van der Waals surface area contributed by atoms with Crippen molar-refractivity contribution in [3.63, 3.8) is 0 Å². The van der Waals surface area contributed by atoms with Gasteiger partial charge in [0.15, 0.2) is 9.84 Å². The number of rotatable bonds is 3. The van der Waals surface area contributed by atoms with E-state index >= 15 is 0 Å². The van der Waals surface area contributed by atoms with Crippen LogP contribution in [0, 0.1) is 5.92 Å². The summed E-state index contributed by atoms with van der Waals surface area (Å²) in [6.45, 7) is 2.98. The Morgan fingerprint density at radius 1 is 1.31 bits per heavy atom. The Hall–Kier alpha value is -1.90. The molecule has 3 heterocycles. The third-order valence-corrected chi connectivity index (χ3v) is 8.35. The van der Waals surface area contributed by atoms with Crippen LogP contribution in [0.4, 0.5) is 0 Å². The van der Waals surface area contributed by atoms with E-state index in [0.717, 1.165) is 11.3 Å². The van der Waals surface area contributed by atoms with Gasteiger partial charge in [0.1, 0.15) is 0 Å². The van der Waals surface area contributed by atoms with Crippen LogP contribution >= 0.6 is 22.9 Å². The van der Waals surface area contributed by atoms with E-state index in [-0.39, 0.29) is 28.4 Å². The van der Waals surface area contributed by atoms with Gasteiger partial charge in [-0.15, -0.1) is 11.3 Å². The first-order valence-electron chi connectivity index (χ1n) is 9.41. The van der Waals surface area contributed by atoms with Crippen molar-refractivity contribution in [1.29, 1.82) is 0 Å². The van der Waals surface area contributed by atoms with Crippen molar-refractivity contribution in [2.75, 3.05) is 19.7 Å². The SMILES string of the molecule is CCOC(=O)C1CCCN(C(=O)c2cc3c(s2)-c2ccc(Cl)cc2S(=O)(=O)C3)C1. The lowest BCUT2D eigenvalue weighted by molar-refractivity contribution is -0.149. The summed E-state index contributed by atoms with van der Waals surface area (Å²) in [4.78, 5) is 28.3. The standard InChI is InChI=1S/C20H20ClNO5S2/c1-2-27-20(24)12-4-3-7-22(10-12)19(23)16-8-13-11-29(25,26)17-9-14(21)5-6-15(17)18(13)28-16/h5-6,8-9,12H,2-4,7,10-11H2,1H3. The summed E-state index contributed by atoms with van der Waals surface area (Å²) in [6, 6.07) is 6.48. The van der Waals surface area contributed by atoms with E-state index in [9.17, 15) is 18.0 Å². The van der Waals surface area contributed by atoms with Crippen molar-refractivity contribution >= 4 is 44.7 Å². The summed E-state index contributed by atoms with van der Waals surface area (Å²) >= 11 is 7.28. The molecule has 0 radical (unpaired) electrons. The number of hydrogen-bond donors (Lipinski definition) is 0. The van der Waals surface area contributed by atoms with Crippen LogP contribution in [0.15, 0.2) is 29.2 Å². The molecule has 0 saturated carbocycles. The van der Waals surface area contributed by atoms with E-state index in [0.29, 0.717) is 47.1 Å². The second kappa shape index (κ2) is 7.74. The lowest BCUT2D eigenvalue weighted by atomic mass is 9.98. The van der Waals surface area contributed by atoms with Gasteiger partial charge in [-0.3, -0.25) is 9.59 Å². The second-order valence-electron chi connectivity index (χ2n) is 7.21. The highest BCUT2D eigenvalue weighted by atomic mass is 35.5. The van der Waals surface area contributed by atoms with Gasteiger partial charge in [-0.1, -0.05) is 17.7 Å². The quantitative estimate of drug-likeness (QED) is 0.661. The molecule has 2 aromatic rings. The largest absolute Gasteiger partial charge is 0.466 e. The van der Waals surface area contributed by atoms with E-state index < -0.39 is 9.84 Å². The topological polar surface area (TPSA) is 80.8 Å². The van der Waals surface area contributed by atoms with Crippen LogP contribution in [0.1, 0.15) is 35.0 Å². The fourth-order valence-electron chi connectivity index (χ4n) is 3.86. The van der Waals surface area contributed by atoms with Gasteiger partial charge in [0.05, 0.1) is 28.1 Å². The van der Waals surface area contributed by atoms with Crippen LogP contribution in [0.2, 0.25) is 5.02 Å². The average molecular weight is 454 g/mol. The number of benzene rings is 1. The Labute approximate surface area is 178 Å². The zero-order chi connectivity index (χ0) is 20.8. The Bertz CT molecular complexity index is 1090. The van der Waals surface area contributed by atoms with E-state index in [2.05, 4.69) is 0 Å². The molecule has 1 atom stereocenters. The minimum atomic E-state index is -3.51. The molecule has 0 N–H and O–H groups in total. The summed E-state index contributed by atoms with van der Waals surface area (Å²) in [5.41, 5.74) is 1.22. The number of hydrogen-bond acceptors (Lipinski definition) is 6. The first-order chi connectivity index (χ1) is 13.8. The van der Waals surface area contributed by atoms with Crippen LogP contribution in [-0.4, -0.2) is 44.9 Å². The number of thiophene rings is 1. The second-order valence-corrected chi connectivity index (χ2v) is 10.7. The van der Waals surface area contributed by atoms with Gasteiger partial charge in [-0.05, 0) is 43.5 Å². The van der Waals surface area contributed by atoms with Gasteiger partial charge in [-0.25, -0.2) is 8.42 Å². The summed E-state index contributed by atoms with van der Waals surface area (Å²) in [6.07, 6.45) is 1.44. The minimum absolute atomic E-state index is 0.148. The first kappa shape index (κ1) is 20.4. The van der Waals surface area contributed by atoms with E-state index in [1.54, 1.807) is 30.0 Å². The number of likely N-dealkylation sites (tertiary alicyclic amines) is 1. The van der Waals surface area contributed by atoms with Crippen LogP contribution in [-0.2, 0) is 25.1 Å². The average Bonchev–Trinajstić information content (AvgIpc) is 3.11. The van der Waals surface area contributed by atoms with Crippen LogP contribution < -0.4 is 0 Å². The molecule has 2 aliphatic rings. The summed E-state index contributed by atoms with van der Waals surface area (Å²) in [5, 5.41) is 0.363. The van der Waals surface area contributed by atoms with E-state index in [4.69, 9.17) is 16.3 Å². The molecular formula is C20H20ClNO5S2. The molecule has 1 unspecified atom stereocenters. The monoisotopic (exact) mass is 453 g/mol. The van der Waals surface area contributed by atoms with Gasteiger partial charge in [0, 0.05) is 28.6 Å². The van der Waals surface area contributed by atoms with Crippen molar-refractivity contribution in [2.45, 2.75) is 30.4 Å². The number of nitrogens with zero attached hydrogens (tertiary/aromatic N) is 1. The van der Waals surface area contributed by atoms with E-state index in [1.165, 1.54) is 17.4 Å². The van der Waals surface area contributed by atoms with Gasteiger partial charge in [-0.2, -0.15) is 0 Å². The molecule has 0 bridgehead atoms. The normalized spacial score (nSPS) is 19.9. The van der Waals surface area contributed by atoms with Crippen LogP contribution in [0.5, 0.6) is 0 Å². The Balaban J connectivity index is 1.63. The molecular weight excluding hydrogens is 434 g/mol. The molecule has 4 rings (SSSR count). The molecule has 1 aromatic carbocycles. The van der Waals surface area contributed by atoms with Crippen molar-refractivity contribution in [1.82, 2.24) is 4.90 Å². The van der Waals surface area contributed by atoms with Gasteiger partial charge >= 0.3 is 5.97 Å². The number of carbonyl (C=O) groups excluding carboxylic acids is 2. The molecule has 9 heteroatoms. The molecule has 154 valence electrons. The fourth-order valence-corrected chi connectivity index (χ4v) is 7.05. The zero-order valence-electron chi connectivity index (χ0n) is 15.8. The number of ether oxygens (including phenoxy) is 1. The lowest BCUT2D eigenvalue weighted by Crippen LogP contribution is -2.42. The zero-order valence-corrected chi connectivity index (χ0v) is 18.2. The number of sulfone groups is 1.